The maximum absolute atomic E-state index is 12.2. The Morgan fingerprint density at radius 2 is 1.78 bits per heavy atom. The molecule has 0 aliphatic rings. The Labute approximate surface area is 153 Å². The van der Waals surface area contributed by atoms with Crippen molar-refractivity contribution in [2.24, 2.45) is 0 Å². The van der Waals surface area contributed by atoms with Crippen LogP contribution in [0.2, 0.25) is 0 Å². The maximum Gasteiger partial charge on any atom is 0.338 e. The second-order valence-corrected chi connectivity index (χ2v) is 5.53. The Bertz CT molecular complexity index is 950. The number of carbonyl (C=O) groups is 1. The van der Waals surface area contributed by atoms with Crippen LogP contribution >= 0.6 is 0 Å². The van der Waals surface area contributed by atoms with Gasteiger partial charge in [0.2, 0.25) is 5.89 Å². The van der Waals surface area contributed by atoms with Crippen LogP contribution < -0.4 is 4.74 Å². The van der Waals surface area contributed by atoms with Gasteiger partial charge in [-0.1, -0.05) is 0 Å². The van der Waals surface area contributed by atoms with Crippen LogP contribution in [0.4, 0.5) is 5.69 Å². The Morgan fingerprint density at radius 1 is 1.11 bits per heavy atom. The molecule has 27 heavy (non-hydrogen) atoms. The molecule has 9 heteroatoms. The van der Waals surface area contributed by atoms with Gasteiger partial charge in [-0.05, 0) is 43.3 Å². The van der Waals surface area contributed by atoms with E-state index in [9.17, 15) is 14.9 Å². The summed E-state index contributed by atoms with van der Waals surface area (Å²) in [6.07, 6.45) is -0.785. The van der Waals surface area contributed by atoms with Crippen molar-refractivity contribution in [3.8, 4) is 17.2 Å². The topological polar surface area (TPSA) is 118 Å². The predicted octanol–water partition coefficient (Wildman–Crippen LogP) is 3.57. The lowest BCUT2D eigenvalue weighted by Crippen LogP contribution is -2.09. The number of benzene rings is 2. The van der Waals surface area contributed by atoms with Crippen molar-refractivity contribution < 1.29 is 23.6 Å². The first-order chi connectivity index (χ1) is 13.0. The number of methoxy groups -OCH3 is 1. The number of rotatable bonds is 6. The second-order valence-electron chi connectivity index (χ2n) is 5.53. The summed E-state index contributed by atoms with van der Waals surface area (Å²) in [4.78, 5) is 22.3. The van der Waals surface area contributed by atoms with Gasteiger partial charge in [-0.15, -0.1) is 10.2 Å². The van der Waals surface area contributed by atoms with Crippen LogP contribution in [0.1, 0.15) is 29.3 Å². The summed E-state index contributed by atoms with van der Waals surface area (Å²) in [5.74, 6) is 0.465. The van der Waals surface area contributed by atoms with Crippen molar-refractivity contribution in [2.75, 3.05) is 7.11 Å². The number of hydrogen-bond acceptors (Lipinski definition) is 8. The van der Waals surface area contributed by atoms with E-state index < -0.39 is 17.0 Å². The zero-order valence-electron chi connectivity index (χ0n) is 14.5. The van der Waals surface area contributed by atoms with Crippen molar-refractivity contribution >= 4 is 11.7 Å². The van der Waals surface area contributed by atoms with Gasteiger partial charge in [0.05, 0.1) is 17.6 Å². The van der Waals surface area contributed by atoms with Gasteiger partial charge in [0.1, 0.15) is 5.75 Å². The molecule has 1 aromatic heterocycles. The molecule has 0 unspecified atom stereocenters. The zero-order valence-corrected chi connectivity index (χ0v) is 14.5. The van der Waals surface area contributed by atoms with Crippen LogP contribution in [0.25, 0.3) is 11.5 Å². The molecule has 3 rings (SSSR count). The molecule has 0 aliphatic heterocycles. The van der Waals surface area contributed by atoms with Gasteiger partial charge >= 0.3 is 5.97 Å². The molecule has 0 radical (unpaired) electrons. The van der Waals surface area contributed by atoms with Gasteiger partial charge in [0, 0.05) is 17.7 Å². The van der Waals surface area contributed by atoms with Crippen LogP contribution in [-0.4, -0.2) is 28.2 Å². The van der Waals surface area contributed by atoms with E-state index in [-0.39, 0.29) is 23.0 Å². The Morgan fingerprint density at radius 3 is 2.37 bits per heavy atom. The van der Waals surface area contributed by atoms with Crippen molar-refractivity contribution in [1.82, 2.24) is 10.2 Å². The molecule has 9 nitrogen and oxygen atoms in total. The number of non-ortho nitro benzene ring substituents is 1. The second kappa shape index (κ2) is 7.65. The minimum atomic E-state index is -0.785. The number of nitrogens with zero attached hydrogens (tertiary/aromatic N) is 3. The highest BCUT2D eigenvalue weighted by atomic mass is 16.6. The lowest BCUT2D eigenvalue weighted by Gasteiger charge is -2.09. The summed E-state index contributed by atoms with van der Waals surface area (Å²) in [6.45, 7) is 1.59. The van der Waals surface area contributed by atoms with E-state index in [0.717, 1.165) is 0 Å². The number of hydrogen-bond donors (Lipinski definition) is 0. The van der Waals surface area contributed by atoms with Gasteiger partial charge in [-0.2, -0.15) is 0 Å². The molecule has 0 amide bonds. The highest BCUT2D eigenvalue weighted by Gasteiger charge is 2.20. The van der Waals surface area contributed by atoms with Crippen LogP contribution in [0.5, 0.6) is 5.75 Å². The van der Waals surface area contributed by atoms with E-state index in [1.54, 1.807) is 38.3 Å². The molecule has 1 atom stereocenters. The monoisotopic (exact) mass is 369 g/mol. The van der Waals surface area contributed by atoms with E-state index in [2.05, 4.69) is 10.2 Å². The molecule has 0 N–H and O–H groups in total. The summed E-state index contributed by atoms with van der Waals surface area (Å²) in [7, 11) is 1.57. The van der Waals surface area contributed by atoms with Crippen LogP contribution in [0.15, 0.2) is 52.9 Å². The highest BCUT2D eigenvalue weighted by molar-refractivity contribution is 5.89. The van der Waals surface area contributed by atoms with Gasteiger partial charge in [0.15, 0.2) is 6.10 Å². The molecule has 0 saturated heterocycles. The highest BCUT2D eigenvalue weighted by Crippen LogP contribution is 2.25. The lowest BCUT2D eigenvalue weighted by atomic mass is 10.2. The third kappa shape index (κ3) is 4.09. The molecule has 3 aromatic rings. The van der Waals surface area contributed by atoms with E-state index in [1.165, 1.54) is 24.3 Å². The predicted molar refractivity (Wildman–Crippen MR) is 93.2 cm³/mol. The largest absolute Gasteiger partial charge is 0.497 e. The summed E-state index contributed by atoms with van der Waals surface area (Å²) < 4.78 is 15.9. The number of nitro groups is 1. The quantitative estimate of drug-likeness (QED) is 0.368. The van der Waals surface area contributed by atoms with Gasteiger partial charge in [-0.25, -0.2) is 4.79 Å². The average molecular weight is 369 g/mol. The Kier molecular flexibility index (Phi) is 5.11. The minimum Gasteiger partial charge on any atom is -0.497 e. The fourth-order valence-electron chi connectivity index (χ4n) is 2.25. The molecule has 0 fully saturated rings. The van der Waals surface area contributed by atoms with Crippen molar-refractivity contribution in [1.29, 1.82) is 0 Å². The smallest absolute Gasteiger partial charge is 0.338 e. The van der Waals surface area contributed by atoms with Gasteiger partial charge < -0.3 is 13.9 Å². The number of esters is 1. The van der Waals surface area contributed by atoms with E-state index in [0.29, 0.717) is 11.3 Å². The number of carbonyl (C=O) groups excluding carboxylic acids is 1. The molecule has 138 valence electrons. The third-order valence-corrected chi connectivity index (χ3v) is 3.72. The van der Waals surface area contributed by atoms with Crippen molar-refractivity contribution in [2.45, 2.75) is 13.0 Å². The first-order valence-corrected chi connectivity index (χ1v) is 7.91. The molecule has 0 aliphatic carbocycles. The summed E-state index contributed by atoms with van der Waals surface area (Å²) in [6, 6.07) is 12.2. The normalized spacial score (nSPS) is 11.6. The van der Waals surface area contributed by atoms with Gasteiger partial charge in [0.25, 0.3) is 11.6 Å². The summed E-state index contributed by atoms with van der Waals surface area (Å²) >= 11 is 0. The van der Waals surface area contributed by atoms with E-state index in [1.807, 2.05) is 0 Å². The third-order valence-electron chi connectivity index (χ3n) is 3.72. The molecule has 1 heterocycles. The molecule has 2 aromatic carbocycles. The average Bonchev–Trinajstić information content (AvgIpc) is 3.18. The minimum absolute atomic E-state index is 0.111. The van der Waals surface area contributed by atoms with Gasteiger partial charge in [-0.3, -0.25) is 10.1 Å². The van der Waals surface area contributed by atoms with Crippen LogP contribution in [-0.2, 0) is 4.74 Å². The number of aromatic nitrogens is 2. The number of ether oxygens (including phenoxy) is 2. The molecular weight excluding hydrogens is 354 g/mol. The van der Waals surface area contributed by atoms with Crippen LogP contribution in [0, 0.1) is 10.1 Å². The van der Waals surface area contributed by atoms with E-state index in [4.69, 9.17) is 13.9 Å². The Hall–Kier alpha value is -3.75. The Balaban J connectivity index is 1.68. The molecule has 0 saturated carbocycles. The lowest BCUT2D eigenvalue weighted by molar-refractivity contribution is -0.384. The number of nitro benzene ring substituents is 1. The fourth-order valence-corrected chi connectivity index (χ4v) is 2.25. The van der Waals surface area contributed by atoms with Crippen molar-refractivity contribution in [3.05, 3.63) is 70.1 Å². The summed E-state index contributed by atoms with van der Waals surface area (Å²) in [5.41, 5.74) is 0.770. The fraction of sp³-hybridized carbons (Fsp3) is 0.167. The SMILES string of the molecule is COc1ccc(-c2nnc([C@@H](C)OC(=O)c3ccc([N+](=O)[O-])cc3)o2)cc1. The molecule has 0 spiro atoms. The van der Waals surface area contributed by atoms with Crippen molar-refractivity contribution in [3.63, 3.8) is 0 Å². The summed E-state index contributed by atoms with van der Waals surface area (Å²) in [5, 5.41) is 18.5. The first-order valence-electron chi connectivity index (χ1n) is 7.91. The standard InChI is InChI=1S/C18H15N3O6/c1-11(26-18(22)13-3-7-14(8-4-13)21(23)24)16-19-20-17(27-16)12-5-9-15(25-2)10-6-12/h3-11H,1-2H3/t11-/m1/s1. The van der Waals surface area contributed by atoms with Crippen LogP contribution in [0.3, 0.4) is 0 Å². The molecular formula is C18H15N3O6. The van der Waals surface area contributed by atoms with E-state index >= 15 is 0 Å². The zero-order chi connectivity index (χ0) is 19.4. The molecule has 0 bridgehead atoms. The first kappa shape index (κ1) is 18.1. The maximum atomic E-state index is 12.2.